The third-order valence-corrected chi connectivity index (χ3v) is 2.73. The Labute approximate surface area is 91.8 Å². The molecule has 1 heterocycles. The smallest absolute Gasteiger partial charge is 0.224 e. The second kappa shape index (κ2) is 4.94. The summed E-state index contributed by atoms with van der Waals surface area (Å²) in [6.45, 7) is 5.36. The van der Waals surface area contributed by atoms with Gasteiger partial charge in [-0.3, -0.25) is 4.79 Å². The zero-order valence-electron chi connectivity index (χ0n) is 9.95. The quantitative estimate of drug-likeness (QED) is 0.754. The zero-order chi connectivity index (χ0) is 11.5. The van der Waals surface area contributed by atoms with Gasteiger partial charge in [-0.05, 0) is 26.7 Å². The van der Waals surface area contributed by atoms with Crippen LogP contribution in [0.15, 0.2) is 0 Å². The third-order valence-electron chi connectivity index (χ3n) is 2.73. The van der Waals surface area contributed by atoms with Crippen LogP contribution < -0.4 is 5.73 Å². The van der Waals surface area contributed by atoms with E-state index in [1.54, 1.807) is 7.11 Å². The number of hydrogen-bond donors (Lipinski definition) is 1. The average Bonchev–Trinajstić information content (AvgIpc) is 2.15. The second-order valence-corrected chi connectivity index (χ2v) is 4.98. The van der Waals surface area contributed by atoms with Crippen molar-refractivity contribution in [3.05, 3.63) is 0 Å². The molecule has 0 unspecified atom stereocenters. The molecule has 0 aliphatic carbocycles. The van der Waals surface area contributed by atoms with Crippen LogP contribution >= 0.6 is 0 Å². The van der Waals surface area contributed by atoms with Crippen molar-refractivity contribution >= 4 is 5.91 Å². The van der Waals surface area contributed by atoms with E-state index in [0.29, 0.717) is 12.5 Å². The average molecular weight is 214 g/mol. The minimum Gasteiger partial charge on any atom is -0.381 e. The number of carbonyl (C=O) groups excluding carboxylic acids is 1. The summed E-state index contributed by atoms with van der Waals surface area (Å²) in [5.74, 6) is 0.164. The third kappa shape index (κ3) is 4.18. The van der Waals surface area contributed by atoms with Gasteiger partial charge in [0.25, 0.3) is 0 Å². The Morgan fingerprint density at radius 3 is 2.40 bits per heavy atom. The minimum atomic E-state index is -0.408. The molecule has 1 amide bonds. The molecule has 1 aliphatic heterocycles. The van der Waals surface area contributed by atoms with Gasteiger partial charge in [0, 0.05) is 32.2 Å². The molecule has 0 atom stereocenters. The lowest BCUT2D eigenvalue weighted by atomic mass is 10.00. The van der Waals surface area contributed by atoms with Crippen LogP contribution in [0.5, 0.6) is 0 Å². The molecule has 4 nitrogen and oxygen atoms in total. The zero-order valence-corrected chi connectivity index (χ0v) is 9.95. The number of rotatable bonds is 3. The fraction of sp³-hybridized carbons (Fsp3) is 0.909. The lowest BCUT2D eigenvalue weighted by Gasteiger charge is -2.33. The van der Waals surface area contributed by atoms with E-state index in [2.05, 4.69) is 0 Å². The molecule has 0 saturated carbocycles. The summed E-state index contributed by atoms with van der Waals surface area (Å²) in [6.07, 6.45) is 2.62. The van der Waals surface area contributed by atoms with E-state index < -0.39 is 5.54 Å². The van der Waals surface area contributed by atoms with E-state index in [9.17, 15) is 4.79 Å². The predicted molar refractivity (Wildman–Crippen MR) is 59.5 cm³/mol. The van der Waals surface area contributed by atoms with Crippen LogP contribution in [0, 0.1) is 0 Å². The van der Waals surface area contributed by atoms with E-state index in [0.717, 1.165) is 25.9 Å². The highest BCUT2D eigenvalue weighted by Crippen LogP contribution is 2.15. The van der Waals surface area contributed by atoms with Gasteiger partial charge < -0.3 is 15.4 Å². The summed E-state index contributed by atoms with van der Waals surface area (Å²) >= 11 is 0. The van der Waals surface area contributed by atoms with E-state index in [1.165, 1.54) is 0 Å². The first-order chi connectivity index (χ1) is 6.92. The lowest BCUT2D eigenvalue weighted by molar-refractivity contribution is -0.134. The van der Waals surface area contributed by atoms with E-state index in [-0.39, 0.29) is 5.91 Å². The van der Waals surface area contributed by atoms with Crippen molar-refractivity contribution in [1.82, 2.24) is 4.90 Å². The fourth-order valence-electron chi connectivity index (χ4n) is 1.84. The molecule has 88 valence electrons. The van der Waals surface area contributed by atoms with Crippen molar-refractivity contribution in [2.75, 3.05) is 20.2 Å². The first kappa shape index (κ1) is 12.5. The molecule has 2 N–H and O–H groups in total. The normalized spacial score (nSPS) is 19.3. The van der Waals surface area contributed by atoms with Gasteiger partial charge in [-0.1, -0.05) is 0 Å². The molecule has 1 saturated heterocycles. The number of likely N-dealkylation sites (tertiary alicyclic amines) is 1. The largest absolute Gasteiger partial charge is 0.381 e. The van der Waals surface area contributed by atoms with E-state index in [4.69, 9.17) is 10.5 Å². The Bertz CT molecular complexity index is 215. The lowest BCUT2D eigenvalue weighted by Crippen LogP contribution is -2.45. The number of amides is 1. The molecule has 0 aromatic heterocycles. The van der Waals surface area contributed by atoms with Crippen molar-refractivity contribution < 1.29 is 9.53 Å². The van der Waals surface area contributed by atoms with Crippen LogP contribution in [0.1, 0.15) is 33.1 Å². The van der Waals surface area contributed by atoms with Crippen LogP contribution in [0.3, 0.4) is 0 Å². The van der Waals surface area contributed by atoms with Crippen molar-refractivity contribution in [2.45, 2.75) is 44.8 Å². The molecule has 0 aromatic rings. The van der Waals surface area contributed by atoms with Gasteiger partial charge in [0.1, 0.15) is 0 Å². The molecule has 1 fully saturated rings. The molecule has 0 bridgehead atoms. The number of methoxy groups -OCH3 is 1. The molecule has 1 rings (SSSR count). The molecule has 0 spiro atoms. The number of nitrogens with zero attached hydrogens (tertiary/aromatic N) is 1. The monoisotopic (exact) mass is 214 g/mol. The summed E-state index contributed by atoms with van der Waals surface area (Å²) in [7, 11) is 1.73. The molecule has 0 aromatic carbocycles. The first-order valence-electron chi connectivity index (χ1n) is 5.52. The molecular weight excluding hydrogens is 192 g/mol. The second-order valence-electron chi connectivity index (χ2n) is 4.98. The van der Waals surface area contributed by atoms with Gasteiger partial charge >= 0.3 is 0 Å². The number of hydrogen-bond acceptors (Lipinski definition) is 3. The summed E-state index contributed by atoms with van der Waals surface area (Å²) in [5, 5.41) is 0. The van der Waals surface area contributed by atoms with Crippen molar-refractivity contribution in [1.29, 1.82) is 0 Å². The Morgan fingerprint density at radius 2 is 2.00 bits per heavy atom. The van der Waals surface area contributed by atoms with Crippen LogP contribution in [-0.2, 0) is 9.53 Å². The van der Waals surface area contributed by atoms with Crippen molar-refractivity contribution in [3.8, 4) is 0 Å². The van der Waals surface area contributed by atoms with Crippen LogP contribution in [-0.4, -0.2) is 42.6 Å². The van der Waals surface area contributed by atoms with E-state index >= 15 is 0 Å². The SMILES string of the molecule is COC1CCN(C(=O)CC(C)(C)N)CC1. The van der Waals surface area contributed by atoms with Crippen LogP contribution in [0.4, 0.5) is 0 Å². The van der Waals surface area contributed by atoms with Crippen molar-refractivity contribution in [2.24, 2.45) is 5.73 Å². The number of piperidine rings is 1. The number of carbonyl (C=O) groups is 1. The molecule has 15 heavy (non-hydrogen) atoms. The Hall–Kier alpha value is -0.610. The molecule has 1 aliphatic rings. The minimum absolute atomic E-state index is 0.164. The maximum absolute atomic E-state index is 11.8. The highest BCUT2D eigenvalue weighted by Gasteiger charge is 2.25. The fourth-order valence-corrected chi connectivity index (χ4v) is 1.84. The maximum Gasteiger partial charge on any atom is 0.224 e. The highest BCUT2D eigenvalue weighted by atomic mass is 16.5. The molecular formula is C11H22N2O2. The van der Waals surface area contributed by atoms with Gasteiger partial charge in [0.15, 0.2) is 0 Å². The van der Waals surface area contributed by atoms with Crippen LogP contribution in [0.2, 0.25) is 0 Å². The Kier molecular flexibility index (Phi) is 4.11. The number of nitrogens with two attached hydrogens (primary N) is 1. The topological polar surface area (TPSA) is 55.6 Å². The van der Waals surface area contributed by atoms with Gasteiger partial charge in [-0.2, -0.15) is 0 Å². The maximum atomic E-state index is 11.8. The molecule has 4 heteroatoms. The first-order valence-corrected chi connectivity index (χ1v) is 5.52. The van der Waals surface area contributed by atoms with Gasteiger partial charge in [-0.25, -0.2) is 0 Å². The summed E-state index contributed by atoms with van der Waals surface area (Å²) < 4.78 is 5.26. The van der Waals surface area contributed by atoms with Crippen LogP contribution in [0.25, 0.3) is 0 Å². The van der Waals surface area contributed by atoms with Gasteiger partial charge in [0.05, 0.1) is 6.10 Å². The van der Waals surface area contributed by atoms with Gasteiger partial charge in [-0.15, -0.1) is 0 Å². The summed E-state index contributed by atoms with van der Waals surface area (Å²) in [5.41, 5.74) is 5.42. The Morgan fingerprint density at radius 1 is 1.47 bits per heavy atom. The predicted octanol–water partition coefficient (Wildman–Crippen LogP) is 0.751. The summed E-state index contributed by atoms with van der Waals surface area (Å²) in [4.78, 5) is 13.7. The summed E-state index contributed by atoms with van der Waals surface area (Å²) in [6, 6.07) is 0. The van der Waals surface area contributed by atoms with E-state index in [1.807, 2.05) is 18.7 Å². The number of ether oxygens (including phenoxy) is 1. The van der Waals surface area contributed by atoms with Gasteiger partial charge in [0.2, 0.25) is 5.91 Å². The highest BCUT2D eigenvalue weighted by molar-refractivity contribution is 5.77. The Balaban J connectivity index is 2.37. The molecule has 0 radical (unpaired) electrons. The van der Waals surface area contributed by atoms with Crippen molar-refractivity contribution in [3.63, 3.8) is 0 Å². The standard InChI is InChI=1S/C11H22N2O2/c1-11(2,12)8-10(14)13-6-4-9(15-3)5-7-13/h9H,4-8,12H2,1-3H3.